The number of hydrogen-bond donors (Lipinski definition) is 0. The Labute approximate surface area is 102 Å². The molecule has 1 aliphatic rings. The van der Waals surface area contributed by atoms with Crippen molar-refractivity contribution < 1.29 is 19.1 Å². The van der Waals surface area contributed by atoms with Crippen molar-refractivity contribution in [1.29, 1.82) is 0 Å². The van der Waals surface area contributed by atoms with Gasteiger partial charge in [0.1, 0.15) is 6.10 Å². The first-order chi connectivity index (χ1) is 8.11. The highest BCUT2D eigenvalue weighted by atomic mass is 16.5. The highest BCUT2D eigenvalue weighted by Gasteiger charge is 2.18. The molecule has 4 nitrogen and oxygen atoms in total. The Morgan fingerprint density at radius 2 is 2.06 bits per heavy atom. The van der Waals surface area contributed by atoms with Crippen LogP contribution in [0.25, 0.3) is 0 Å². The zero-order valence-electron chi connectivity index (χ0n) is 10.5. The maximum absolute atomic E-state index is 11.2. The summed E-state index contributed by atoms with van der Waals surface area (Å²) in [6, 6.07) is 0. The van der Waals surface area contributed by atoms with Gasteiger partial charge in [-0.1, -0.05) is 6.08 Å². The maximum Gasteiger partial charge on any atom is 0.305 e. The molecule has 0 aliphatic heterocycles. The molecule has 0 radical (unpaired) electrons. The van der Waals surface area contributed by atoms with Gasteiger partial charge in [0.05, 0.1) is 7.11 Å². The number of allylic oxidation sites excluding steroid dienone is 1. The molecular weight excluding hydrogens is 220 g/mol. The smallest absolute Gasteiger partial charge is 0.305 e. The van der Waals surface area contributed by atoms with Crippen LogP contribution in [0, 0.1) is 5.92 Å². The first kappa shape index (κ1) is 13.7. The molecule has 0 N–H and O–H groups in total. The second-order valence-electron chi connectivity index (χ2n) is 4.38. The van der Waals surface area contributed by atoms with E-state index in [0.29, 0.717) is 12.3 Å². The molecule has 0 bridgehead atoms. The second kappa shape index (κ2) is 7.09. The molecule has 17 heavy (non-hydrogen) atoms. The average Bonchev–Trinajstić information content (AvgIpc) is 2.26. The van der Waals surface area contributed by atoms with Crippen LogP contribution in [0.3, 0.4) is 0 Å². The van der Waals surface area contributed by atoms with Crippen molar-refractivity contribution in [2.45, 2.75) is 45.1 Å². The van der Waals surface area contributed by atoms with E-state index in [1.807, 2.05) is 12.2 Å². The molecule has 0 amide bonds. The van der Waals surface area contributed by atoms with Crippen molar-refractivity contribution in [2.24, 2.45) is 5.92 Å². The third-order valence-electron chi connectivity index (χ3n) is 2.95. The predicted molar refractivity (Wildman–Crippen MR) is 63.3 cm³/mol. The van der Waals surface area contributed by atoms with E-state index in [1.165, 1.54) is 14.0 Å². The molecule has 1 rings (SSSR count). The summed E-state index contributed by atoms with van der Waals surface area (Å²) in [4.78, 5) is 22.1. The molecule has 1 aliphatic carbocycles. The summed E-state index contributed by atoms with van der Waals surface area (Å²) in [5, 5.41) is 0. The summed E-state index contributed by atoms with van der Waals surface area (Å²) in [6.45, 7) is 1.42. The number of carbonyl (C=O) groups excluding carboxylic acids is 2. The molecule has 0 aromatic heterocycles. The molecule has 2 unspecified atom stereocenters. The van der Waals surface area contributed by atoms with Gasteiger partial charge in [-0.15, -0.1) is 0 Å². The Kier molecular flexibility index (Phi) is 5.73. The number of esters is 2. The summed E-state index contributed by atoms with van der Waals surface area (Å²) in [7, 11) is 1.41. The normalized spacial score (nSPS) is 26.5. The fourth-order valence-electron chi connectivity index (χ4n) is 2.06. The van der Waals surface area contributed by atoms with Gasteiger partial charge < -0.3 is 9.47 Å². The summed E-state index contributed by atoms with van der Waals surface area (Å²) in [5.74, 6) is -0.0983. The van der Waals surface area contributed by atoms with Gasteiger partial charge >= 0.3 is 11.9 Å². The molecule has 0 heterocycles. The van der Waals surface area contributed by atoms with Gasteiger partial charge in [-0.25, -0.2) is 0 Å². The summed E-state index contributed by atoms with van der Waals surface area (Å²) in [6.07, 6.45) is 7.84. The minimum absolute atomic E-state index is 0.145. The monoisotopic (exact) mass is 240 g/mol. The van der Waals surface area contributed by atoms with Gasteiger partial charge in [0.15, 0.2) is 0 Å². The van der Waals surface area contributed by atoms with Crippen LogP contribution >= 0.6 is 0 Å². The molecule has 0 saturated heterocycles. The van der Waals surface area contributed by atoms with Crippen LogP contribution in [0.15, 0.2) is 12.2 Å². The quantitative estimate of drug-likeness (QED) is 0.560. The highest BCUT2D eigenvalue weighted by molar-refractivity contribution is 5.69. The Balaban J connectivity index is 2.46. The number of carbonyl (C=O) groups is 2. The van der Waals surface area contributed by atoms with Crippen molar-refractivity contribution in [3.63, 3.8) is 0 Å². The van der Waals surface area contributed by atoms with Crippen molar-refractivity contribution in [3.05, 3.63) is 12.2 Å². The Hall–Kier alpha value is -1.32. The van der Waals surface area contributed by atoms with Crippen LogP contribution in [0.2, 0.25) is 0 Å². The van der Waals surface area contributed by atoms with Crippen molar-refractivity contribution in [3.8, 4) is 0 Å². The molecular formula is C13H20O4. The van der Waals surface area contributed by atoms with E-state index >= 15 is 0 Å². The molecule has 96 valence electrons. The van der Waals surface area contributed by atoms with Crippen LogP contribution in [0.4, 0.5) is 0 Å². The van der Waals surface area contributed by atoms with Crippen molar-refractivity contribution in [2.75, 3.05) is 7.11 Å². The van der Waals surface area contributed by atoms with E-state index in [4.69, 9.17) is 4.74 Å². The lowest BCUT2D eigenvalue weighted by Gasteiger charge is -2.20. The van der Waals surface area contributed by atoms with Crippen LogP contribution in [-0.4, -0.2) is 25.2 Å². The highest BCUT2D eigenvalue weighted by Crippen LogP contribution is 2.23. The fourth-order valence-corrected chi connectivity index (χ4v) is 2.06. The van der Waals surface area contributed by atoms with E-state index in [-0.39, 0.29) is 18.0 Å². The summed E-state index contributed by atoms with van der Waals surface area (Å²) >= 11 is 0. The molecule has 0 spiro atoms. The first-order valence-corrected chi connectivity index (χ1v) is 6.02. The Morgan fingerprint density at radius 1 is 1.29 bits per heavy atom. The molecule has 0 aromatic rings. The van der Waals surface area contributed by atoms with Crippen molar-refractivity contribution in [1.82, 2.24) is 0 Å². The van der Waals surface area contributed by atoms with Gasteiger partial charge in [-0.2, -0.15) is 0 Å². The van der Waals surface area contributed by atoms with Crippen LogP contribution in [-0.2, 0) is 19.1 Å². The molecule has 0 saturated carbocycles. The standard InChI is InChI=1S/C13H20O4/c1-10(14)17-12-6-4-3-5-11(7-8-12)9-13(15)16-2/h4,6,11-12H,3,5,7-9H2,1-2H3/b6-4+. The van der Waals surface area contributed by atoms with Gasteiger partial charge in [0.25, 0.3) is 0 Å². The lowest BCUT2D eigenvalue weighted by atomic mass is 9.90. The summed E-state index contributed by atoms with van der Waals surface area (Å²) < 4.78 is 9.84. The molecule has 0 fully saturated rings. The van der Waals surface area contributed by atoms with Gasteiger partial charge in [0, 0.05) is 13.3 Å². The number of ether oxygens (including phenoxy) is 2. The molecule has 4 heteroatoms. The van der Waals surface area contributed by atoms with Gasteiger partial charge in [-0.05, 0) is 37.7 Å². The Bertz CT molecular complexity index is 296. The van der Waals surface area contributed by atoms with Crippen LogP contribution < -0.4 is 0 Å². The number of hydrogen-bond acceptors (Lipinski definition) is 4. The maximum atomic E-state index is 11.2. The van der Waals surface area contributed by atoms with E-state index in [9.17, 15) is 9.59 Å². The Morgan fingerprint density at radius 3 is 2.71 bits per heavy atom. The average molecular weight is 240 g/mol. The van der Waals surface area contributed by atoms with Crippen LogP contribution in [0.1, 0.15) is 39.0 Å². The SMILES string of the molecule is COC(=O)CC1CC/C=C/C(OC(C)=O)CC1. The lowest BCUT2D eigenvalue weighted by molar-refractivity contribution is -0.145. The van der Waals surface area contributed by atoms with Crippen LogP contribution in [0.5, 0.6) is 0 Å². The second-order valence-corrected chi connectivity index (χ2v) is 4.38. The van der Waals surface area contributed by atoms with Gasteiger partial charge in [0.2, 0.25) is 0 Å². The van der Waals surface area contributed by atoms with E-state index < -0.39 is 0 Å². The molecule has 0 aromatic carbocycles. The third kappa shape index (κ3) is 5.52. The van der Waals surface area contributed by atoms with Crippen molar-refractivity contribution >= 4 is 11.9 Å². The fraction of sp³-hybridized carbons (Fsp3) is 0.692. The van der Waals surface area contributed by atoms with E-state index in [0.717, 1.165) is 25.7 Å². The first-order valence-electron chi connectivity index (χ1n) is 6.02. The third-order valence-corrected chi connectivity index (χ3v) is 2.95. The zero-order valence-corrected chi connectivity index (χ0v) is 10.5. The minimum atomic E-state index is -0.259. The number of methoxy groups -OCH3 is 1. The minimum Gasteiger partial charge on any atom is -0.469 e. The number of rotatable bonds is 3. The van der Waals surface area contributed by atoms with E-state index in [2.05, 4.69) is 4.74 Å². The lowest BCUT2D eigenvalue weighted by Crippen LogP contribution is -2.18. The van der Waals surface area contributed by atoms with E-state index in [1.54, 1.807) is 0 Å². The topological polar surface area (TPSA) is 52.6 Å². The van der Waals surface area contributed by atoms with Gasteiger partial charge in [-0.3, -0.25) is 9.59 Å². The largest absolute Gasteiger partial charge is 0.469 e. The summed E-state index contributed by atoms with van der Waals surface area (Å²) in [5.41, 5.74) is 0. The predicted octanol–water partition coefficient (Wildman–Crippen LogP) is 2.23. The zero-order chi connectivity index (χ0) is 12.7. The molecule has 2 atom stereocenters.